The summed E-state index contributed by atoms with van der Waals surface area (Å²) in [5.74, 6) is 0.116. The van der Waals surface area contributed by atoms with Crippen LogP contribution in [0.3, 0.4) is 0 Å². The molecule has 1 amide bonds. The highest BCUT2D eigenvalue weighted by Gasteiger charge is 2.19. The summed E-state index contributed by atoms with van der Waals surface area (Å²) in [6.45, 7) is 7.54. The number of nitrogens with zero attached hydrogens (tertiary/aromatic N) is 3. The fourth-order valence-corrected chi connectivity index (χ4v) is 1.69. The van der Waals surface area contributed by atoms with Crippen LogP contribution in [-0.2, 0) is 0 Å². The second-order valence-electron chi connectivity index (χ2n) is 3.83. The number of hydrogen-bond donors (Lipinski definition) is 0. The summed E-state index contributed by atoms with van der Waals surface area (Å²) in [4.78, 5) is 20.0. The van der Waals surface area contributed by atoms with Gasteiger partial charge in [0.25, 0.3) is 5.91 Å². The fraction of sp³-hybridized carbons (Fsp3) is 0.538. The monoisotopic (exact) mass is 235 g/mol. The Bertz CT molecular complexity index is 332. The first-order valence-corrected chi connectivity index (χ1v) is 6.15. The first kappa shape index (κ1) is 13.6. The summed E-state index contributed by atoms with van der Waals surface area (Å²) in [6, 6.07) is 3.53. The molecule has 0 spiro atoms. The lowest BCUT2D eigenvalue weighted by molar-refractivity contribution is 0.0664. The minimum absolute atomic E-state index is 0.116. The van der Waals surface area contributed by atoms with E-state index in [0.29, 0.717) is 0 Å². The molecule has 0 unspecified atom stereocenters. The summed E-state index contributed by atoms with van der Waals surface area (Å²) in [5.41, 5.74) is 0.731. The van der Waals surface area contributed by atoms with Gasteiger partial charge in [-0.3, -0.25) is 9.78 Å². The van der Waals surface area contributed by atoms with Gasteiger partial charge < -0.3 is 9.80 Å². The van der Waals surface area contributed by atoms with Crippen LogP contribution in [0.25, 0.3) is 0 Å². The van der Waals surface area contributed by atoms with E-state index in [0.717, 1.165) is 31.7 Å². The fourth-order valence-electron chi connectivity index (χ4n) is 1.69. The van der Waals surface area contributed by atoms with Crippen molar-refractivity contribution in [3.63, 3.8) is 0 Å². The summed E-state index contributed by atoms with van der Waals surface area (Å²) in [5, 5.41) is 0. The van der Waals surface area contributed by atoms with Crippen LogP contribution in [0.5, 0.6) is 0 Å². The van der Waals surface area contributed by atoms with Crippen molar-refractivity contribution in [2.75, 3.05) is 33.2 Å². The number of hydrogen-bond acceptors (Lipinski definition) is 3. The van der Waals surface area contributed by atoms with Crippen LogP contribution in [0, 0.1) is 0 Å². The number of aromatic nitrogens is 1. The third kappa shape index (κ3) is 3.82. The van der Waals surface area contributed by atoms with Gasteiger partial charge in [0.05, 0.1) is 0 Å². The van der Waals surface area contributed by atoms with Crippen LogP contribution in [0.15, 0.2) is 24.5 Å². The molecule has 0 atom stereocenters. The first-order valence-electron chi connectivity index (χ1n) is 6.15. The molecule has 0 radical (unpaired) electrons. The number of likely N-dealkylation sites (N-methyl/N-ethyl adjacent to an activating group) is 1. The third-order valence-corrected chi connectivity index (χ3v) is 2.72. The van der Waals surface area contributed by atoms with Crippen LogP contribution in [0.2, 0.25) is 0 Å². The van der Waals surface area contributed by atoms with E-state index in [1.165, 1.54) is 0 Å². The Hall–Kier alpha value is -1.42. The van der Waals surface area contributed by atoms with Gasteiger partial charge >= 0.3 is 0 Å². The second kappa shape index (κ2) is 7.01. The molecule has 4 nitrogen and oxygen atoms in total. The normalized spacial score (nSPS) is 16.1. The molecule has 0 aliphatic carbocycles. The average Bonchev–Trinajstić information content (AvgIpc) is 2.42. The molecule has 0 bridgehead atoms. The molecular weight excluding hydrogens is 214 g/mol. The molecule has 1 saturated heterocycles. The van der Waals surface area contributed by atoms with Crippen molar-refractivity contribution in [1.82, 2.24) is 14.8 Å². The van der Waals surface area contributed by atoms with E-state index in [9.17, 15) is 4.79 Å². The van der Waals surface area contributed by atoms with Crippen molar-refractivity contribution in [3.05, 3.63) is 30.1 Å². The lowest BCUT2D eigenvalue weighted by Gasteiger charge is -2.32. The lowest BCUT2D eigenvalue weighted by atomic mass is 10.2. The molecule has 1 fully saturated rings. The van der Waals surface area contributed by atoms with Gasteiger partial charge in [-0.15, -0.1) is 0 Å². The zero-order valence-corrected chi connectivity index (χ0v) is 10.9. The van der Waals surface area contributed by atoms with Gasteiger partial charge in [-0.05, 0) is 19.2 Å². The maximum Gasteiger partial charge on any atom is 0.254 e. The molecule has 0 saturated carbocycles. The SMILES string of the molecule is CC.CN1CCN(C(=O)c2ccncc2)CC1. The van der Waals surface area contributed by atoms with Crippen molar-refractivity contribution in [2.24, 2.45) is 0 Å². The quantitative estimate of drug-likeness (QED) is 0.740. The maximum absolute atomic E-state index is 12.0. The van der Waals surface area contributed by atoms with Crippen molar-refractivity contribution in [2.45, 2.75) is 13.8 Å². The molecule has 4 heteroatoms. The van der Waals surface area contributed by atoms with Gasteiger partial charge in [-0.25, -0.2) is 0 Å². The molecule has 2 heterocycles. The Morgan fingerprint density at radius 2 is 1.65 bits per heavy atom. The van der Waals surface area contributed by atoms with E-state index < -0.39 is 0 Å². The Morgan fingerprint density at radius 1 is 1.12 bits per heavy atom. The van der Waals surface area contributed by atoms with E-state index in [1.807, 2.05) is 18.7 Å². The van der Waals surface area contributed by atoms with Gasteiger partial charge in [0.2, 0.25) is 0 Å². The highest BCUT2D eigenvalue weighted by Crippen LogP contribution is 2.06. The number of amides is 1. The molecule has 1 aliphatic heterocycles. The minimum atomic E-state index is 0.116. The summed E-state index contributed by atoms with van der Waals surface area (Å²) >= 11 is 0. The molecule has 2 rings (SSSR count). The highest BCUT2D eigenvalue weighted by molar-refractivity contribution is 5.94. The summed E-state index contributed by atoms with van der Waals surface area (Å²) in [6.07, 6.45) is 3.31. The Morgan fingerprint density at radius 3 is 2.18 bits per heavy atom. The van der Waals surface area contributed by atoms with Gasteiger partial charge in [0, 0.05) is 44.1 Å². The molecular formula is C13H21N3O. The number of pyridine rings is 1. The third-order valence-electron chi connectivity index (χ3n) is 2.72. The van der Waals surface area contributed by atoms with Gasteiger partial charge in [0.15, 0.2) is 0 Å². The van der Waals surface area contributed by atoms with Gasteiger partial charge in [-0.1, -0.05) is 13.8 Å². The molecule has 0 aromatic carbocycles. The van der Waals surface area contributed by atoms with E-state index in [-0.39, 0.29) is 5.91 Å². The molecule has 17 heavy (non-hydrogen) atoms. The van der Waals surface area contributed by atoms with Crippen molar-refractivity contribution in [3.8, 4) is 0 Å². The van der Waals surface area contributed by atoms with Crippen molar-refractivity contribution < 1.29 is 4.79 Å². The maximum atomic E-state index is 12.0. The number of carbonyl (C=O) groups is 1. The van der Waals surface area contributed by atoms with E-state index in [1.54, 1.807) is 24.5 Å². The van der Waals surface area contributed by atoms with Crippen LogP contribution < -0.4 is 0 Å². The zero-order valence-electron chi connectivity index (χ0n) is 10.9. The predicted molar refractivity (Wildman–Crippen MR) is 69.0 cm³/mol. The van der Waals surface area contributed by atoms with Crippen LogP contribution in [0.1, 0.15) is 24.2 Å². The molecule has 1 aromatic rings. The largest absolute Gasteiger partial charge is 0.336 e. The molecule has 1 aromatic heterocycles. The zero-order chi connectivity index (χ0) is 12.7. The summed E-state index contributed by atoms with van der Waals surface area (Å²) < 4.78 is 0. The van der Waals surface area contributed by atoms with E-state index >= 15 is 0 Å². The van der Waals surface area contributed by atoms with Crippen molar-refractivity contribution in [1.29, 1.82) is 0 Å². The van der Waals surface area contributed by atoms with Crippen molar-refractivity contribution >= 4 is 5.91 Å². The van der Waals surface area contributed by atoms with Gasteiger partial charge in [0.1, 0.15) is 0 Å². The van der Waals surface area contributed by atoms with E-state index in [2.05, 4.69) is 16.9 Å². The van der Waals surface area contributed by atoms with Crippen LogP contribution in [0.4, 0.5) is 0 Å². The molecule has 94 valence electrons. The van der Waals surface area contributed by atoms with Gasteiger partial charge in [-0.2, -0.15) is 0 Å². The first-order chi connectivity index (χ1) is 8.27. The highest BCUT2D eigenvalue weighted by atomic mass is 16.2. The topological polar surface area (TPSA) is 36.4 Å². The minimum Gasteiger partial charge on any atom is -0.336 e. The van der Waals surface area contributed by atoms with Crippen LogP contribution >= 0.6 is 0 Å². The standard InChI is InChI=1S/C11H15N3O.C2H6/c1-13-6-8-14(9-7-13)11(15)10-2-4-12-5-3-10;1-2/h2-5H,6-9H2,1H3;1-2H3. The summed E-state index contributed by atoms with van der Waals surface area (Å²) in [7, 11) is 2.08. The Kier molecular flexibility index (Phi) is 5.63. The predicted octanol–water partition coefficient (Wildman–Crippen LogP) is 1.50. The lowest BCUT2D eigenvalue weighted by Crippen LogP contribution is -2.47. The van der Waals surface area contributed by atoms with Crippen LogP contribution in [-0.4, -0.2) is 53.9 Å². The van der Waals surface area contributed by atoms with E-state index in [4.69, 9.17) is 0 Å². The Labute approximate surface area is 103 Å². The Balaban J connectivity index is 0.000000686. The molecule has 1 aliphatic rings. The number of rotatable bonds is 1. The molecule has 0 N–H and O–H groups in total. The number of carbonyl (C=O) groups excluding carboxylic acids is 1. The smallest absolute Gasteiger partial charge is 0.254 e. The second-order valence-corrected chi connectivity index (χ2v) is 3.83. The number of piperazine rings is 1. The average molecular weight is 235 g/mol.